The summed E-state index contributed by atoms with van der Waals surface area (Å²) in [7, 11) is 1.69. The molecule has 1 saturated heterocycles. The third kappa shape index (κ3) is 5.10. The number of carbonyl (C=O) groups excluding carboxylic acids is 1. The molecule has 1 fully saturated rings. The van der Waals surface area contributed by atoms with Gasteiger partial charge in [0.15, 0.2) is 0 Å². The number of ether oxygens (including phenoxy) is 1. The summed E-state index contributed by atoms with van der Waals surface area (Å²) in [5, 5.41) is 8.25. The normalized spacial score (nSPS) is 20.7. The van der Waals surface area contributed by atoms with Gasteiger partial charge in [-0.1, -0.05) is 37.3 Å². The molecule has 2 heterocycles. The van der Waals surface area contributed by atoms with E-state index >= 15 is 0 Å². The molecule has 1 aromatic carbocycles. The molecule has 1 N–H and O–H groups in total. The van der Waals surface area contributed by atoms with Crippen LogP contribution in [0, 0.1) is 5.92 Å². The Morgan fingerprint density at radius 2 is 2.00 bits per heavy atom. The summed E-state index contributed by atoms with van der Waals surface area (Å²) in [6.45, 7) is 10.7. The number of methoxy groups -OCH3 is 1. The van der Waals surface area contributed by atoms with E-state index in [0.717, 1.165) is 18.5 Å². The number of hydrogen-bond donors (Lipinski definition) is 1. The molecule has 6 nitrogen and oxygen atoms in total. The largest absolute Gasteiger partial charge is 0.383 e. The minimum Gasteiger partial charge on any atom is -0.383 e. The van der Waals surface area contributed by atoms with Gasteiger partial charge in [-0.3, -0.25) is 9.48 Å². The quantitative estimate of drug-likeness (QED) is 0.677. The molecule has 3 rings (SSSR count). The molecule has 1 aromatic heterocycles. The highest BCUT2D eigenvalue weighted by molar-refractivity contribution is 5.80. The van der Waals surface area contributed by atoms with Crippen LogP contribution in [0.2, 0.25) is 0 Å². The van der Waals surface area contributed by atoms with E-state index in [0.29, 0.717) is 19.6 Å². The molecule has 0 saturated carbocycles. The van der Waals surface area contributed by atoms with Crippen LogP contribution in [0.25, 0.3) is 0 Å². The maximum Gasteiger partial charge on any atom is 0.223 e. The smallest absolute Gasteiger partial charge is 0.223 e. The fourth-order valence-corrected chi connectivity index (χ4v) is 4.51. The standard InChI is InChI=1S/C24H36N4O2/c1-6-21(18-10-8-7-9-11-18)25-15-19-14-22(29)28(24(2,3)4)23(19)20-16-26-27(17-20)12-13-30-5/h7-11,16-17,19,21,23,25H,6,12-15H2,1-5H3/t19-,21?,23+/m0/s1. The highest BCUT2D eigenvalue weighted by Gasteiger charge is 2.45. The van der Waals surface area contributed by atoms with Crippen molar-refractivity contribution in [1.29, 1.82) is 0 Å². The molecule has 30 heavy (non-hydrogen) atoms. The summed E-state index contributed by atoms with van der Waals surface area (Å²) in [6.07, 6.45) is 5.55. The van der Waals surface area contributed by atoms with Crippen molar-refractivity contribution in [3.63, 3.8) is 0 Å². The Morgan fingerprint density at radius 1 is 1.27 bits per heavy atom. The van der Waals surface area contributed by atoms with Gasteiger partial charge in [0.05, 0.1) is 25.4 Å². The van der Waals surface area contributed by atoms with Crippen molar-refractivity contribution in [3.8, 4) is 0 Å². The molecule has 0 aliphatic carbocycles. The van der Waals surface area contributed by atoms with Crippen LogP contribution in [0.5, 0.6) is 0 Å². The van der Waals surface area contributed by atoms with Gasteiger partial charge in [-0.15, -0.1) is 0 Å². The maximum atomic E-state index is 13.0. The van der Waals surface area contributed by atoms with E-state index < -0.39 is 0 Å². The van der Waals surface area contributed by atoms with Crippen LogP contribution in [0.15, 0.2) is 42.7 Å². The van der Waals surface area contributed by atoms with Crippen LogP contribution in [0.3, 0.4) is 0 Å². The topological polar surface area (TPSA) is 59.4 Å². The van der Waals surface area contributed by atoms with E-state index in [9.17, 15) is 4.79 Å². The van der Waals surface area contributed by atoms with E-state index in [-0.39, 0.29) is 29.4 Å². The Bertz CT molecular complexity index is 812. The number of likely N-dealkylation sites (tertiary alicyclic amines) is 1. The molecular formula is C24H36N4O2. The SMILES string of the molecule is CCC(NC[C@@H]1CC(=O)N(C(C)(C)C)[C@H]1c1cnn(CCOC)c1)c1ccccc1. The van der Waals surface area contributed by atoms with Gasteiger partial charge >= 0.3 is 0 Å². The minimum atomic E-state index is -0.241. The van der Waals surface area contributed by atoms with Crippen molar-refractivity contribution in [1.82, 2.24) is 20.0 Å². The van der Waals surface area contributed by atoms with E-state index in [4.69, 9.17) is 4.74 Å². The predicted molar refractivity (Wildman–Crippen MR) is 119 cm³/mol. The number of amides is 1. The fourth-order valence-electron chi connectivity index (χ4n) is 4.51. The number of nitrogens with one attached hydrogen (secondary N) is 1. The molecular weight excluding hydrogens is 376 g/mol. The number of nitrogens with zero attached hydrogens (tertiary/aromatic N) is 3. The molecule has 1 aliphatic rings. The monoisotopic (exact) mass is 412 g/mol. The van der Waals surface area contributed by atoms with Crippen molar-refractivity contribution in [2.24, 2.45) is 5.92 Å². The van der Waals surface area contributed by atoms with Crippen molar-refractivity contribution in [2.45, 2.75) is 64.7 Å². The molecule has 164 valence electrons. The molecule has 1 aliphatic heterocycles. The molecule has 0 spiro atoms. The third-order valence-corrected chi connectivity index (χ3v) is 5.91. The van der Waals surface area contributed by atoms with E-state index in [2.05, 4.69) is 73.5 Å². The van der Waals surface area contributed by atoms with Gasteiger partial charge < -0.3 is 15.0 Å². The van der Waals surface area contributed by atoms with E-state index in [1.54, 1.807) is 7.11 Å². The molecule has 1 amide bonds. The average molecular weight is 413 g/mol. The fraction of sp³-hybridized carbons (Fsp3) is 0.583. The Hall–Kier alpha value is -2.18. The first kappa shape index (κ1) is 22.5. The lowest BCUT2D eigenvalue weighted by atomic mass is 9.92. The van der Waals surface area contributed by atoms with Crippen molar-refractivity contribution in [2.75, 3.05) is 20.3 Å². The van der Waals surface area contributed by atoms with E-state index in [1.807, 2.05) is 16.9 Å². The van der Waals surface area contributed by atoms with Gasteiger partial charge in [-0.05, 0) is 32.8 Å². The summed E-state index contributed by atoms with van der Waals surface area (Å²) in [6, 6.07) is 10.8. The van der Waals surface area contributed by atoms with Crippen LogP contribution >= 0.6 is 0 Å². The van der Waals surface area contributed by atoms with Gasteiger partial charge in [0.2, 0.25) is 5.91 Å². The summed E-state index contributed by atoms with van der Waals surface area (Å²) in [5.41, 5.74) is 2.15. The Morgan fingerprint density at radius 3 is 2.63 bits per heavy atom. The van der Waals surface area contributed by atoms with Crippen molar-refractivity contribution in [3.05, 3.63) is 53.9 Å². The average Bonchev–Trinajstić information content (AvgIpc) is 3.31. The summed E-state index contributed by atoms with van der Waals surface area (Å²) < 4.78 is 7.09. The van der Waals surface area contributed by atoms with Gasteiger partial charge in [-0.25, -0.2) is 0 Å². The lowest BCUT2D eigenvalue weighted by molar-refractivity contribution is -0.133. The first-order valence-electron chi connectivity index (χ1n) is 11.0. The number of rotatable bonds is 9. The summed E-state index contributed by atoms with van der Waals surface area (Å²) in [4.78, 5) is 15.1. The molecule has 6 heteroatoms. The zero-order chi connectivity index (χ0) is 21.7. The van der Waals surface area contributed by atoms with Crippen LogP contribution in [-0.4, -0.2) is 46.4 Å². The van der Waals surface area contributed by atoms with Gasteiger partial charge in [0.1, 0.15) is 0 Å². The van der Waals surface area contributed by atoms with Gasteiger partial charge in [0.25, 0.3) is 0 Å². The number of hydrogen-bond acceptors (Lipinski definition) is 4. The predicted octanol–water partition coefficient (Wildman–Crippen LogP) is 3.96. The van der Waals surface area contributed by atoms with E-state index in [1.165, 1.54) is 5.56 Å². The lowest BCUT2D eigenvalue weighted by Crippen LogP contribution is -2.44. The second-order valence-electron chi connectivity index (χ2n) is 9.15. The van der Waals surface area contributed by atoms with Gasteiger partial charge in [0, 0.05) is 49.3 Å². The number of benzene rings is 1. The second kappa shape index (κ2) is 9.75. The number of carbonyl (C=O) groups is 1. The molecule has 3 atom stereocenters. The van der Waals surface area contributed by atoms with Crippen molar-refractivity contribution >= 4 is 5.91 Å². The highest BCUT2D eigenvalue weighted by atomic mass is 16.5. The van der Waals surface area contributed by atoms with Crippen molar-refractivity contribution < 1.29 is 9.53 Å². The Labute approximate surface area is 180 Å². The van der Waals surface area contributed by atoms with Crippen LogP contribution in [0.4, 0.5) is 0 Å². The molecule has 0 radical (unpaired) electrons. The lowest BCUT2D eigenvalue weighted by Gasteiger charge is -2.38. The van der Waals surface area contributed by atoms with Crippen LogP contribution in [-0.2, 0) is 16.1 Å². The first-order chi connectivity index (χ1) is 14.3. The Kier molecular flexibility index (Phi) is 7.32. The van der Waals surface area contributed by atoms with Gasteiger partial charge in [-0.2, -0.15) is 5.10 Å². The Balaban J connectivity index is 1.81. The molecule has 1 unspecified atom stereocenters. The first-order valence-corrected chi connectivity index (χ1v) is 11.0. The number of aromatic nitrogens is 2. The second-order valence-corrected chi connectivity index (χ2v) is 9.15. The third-order valence-electron chi connectivity index (χ3n) is 5.91. The maximum absolute atomic E-state index is 13.0. The zero-order valence-electron chi connectivity index (χ0n) is 19.0. The highest BCUT2D eigenvalue weighted by Crippen LogP contribution is 2.42. The zero-order valence-corrected chi connectivity index (χ0v) is 19.0. The van der Waals surface area contributed by atoms with Crippen LogP contribution < -0.4 is 5.32 Å². The molecule has 0 bridgehead atoms. The van der Waals surface area contributed by atoms with Crippen LogP contribution in [0.1, 0.15) is 63.7 Å². The minimum absolute atomic E-state index is 0.0228. The molecule has 2 aromatic rings. The summed E-state index contributed by atoms with van der Waals surface area (Å²) >= 11 is 0. The summed E-state index contributed by atoms with van der Waals surface area (Å²) in [5.74, 6) is 0.422.